The Morgan fingerprint density at radius 3 is 2.59 bits per heavy atom. The Kier molecular flexibility index (Phi) is 3.93. The predicted molar refractivity (Wildman–Crippen MR) is 49.1 cm³/mol. The van der Waals surface area contributed by atoms with E-state index in [9.17, 15) is 18.0 Å². The van der Waals surface area contributed by atoms with Gasteiger partial charge >= 0.3 is 12.6 Å². The van der Waals surface area contributed by atoms with Gasteiger partial charge < -0.3 is 9.47 Å². The molecule has 90 valence electrons. The third kappa shape index (κ3) is 2.87. The maximum absolute atomic E-state index is 13.2. The van der Waals surface area contributed by atoms with Crippen molar-refractivity contribution in [2.75, 3.05) is 7.11 Å². The van der Waals surface area contributed by atoms with Crippen LogP contribution in [0.25, 0.3) is 0 Å². The van der Waals surface area contributed by atoms with E-state index in [2.05, 4.69) is 9.47 Å². The maximum atomic E-state index is 13.2. The van der Waals surface area contributed by atoms with Crippen LogP contribution in [0, 0.1) is 17.1 Å². The molecule has 0 saturated carbocycles. The fourth-order valence-electron chi connectivity index (χ4n) is 1.11. The second-order valence-corrected chi connectivity index (χ2v) is 2.81. The van der Waals surface area contributed by atoms with Gasteiger partial charge in [0.15, 0.2) is 11.6 Å². The summed E-state index contributed by atoms with van der Waals surface area (Å²) in [5, 5.41) is 8.69. The molecule has 0 aromatic heterocycles. The number of rotatable bonds is 3. The predicted octanol–water partition coefficient (Wildman–Crippen LogP) is 2.09. The molecule has 1 aromatic carbocycles. The van der Waals surface area contributed by atoms with Gasteiger partial charge in [-0.15, -0.1) is 0 Å². The van der Waals surface area contributed by atoms with Crippen LogP contribution in [-0.4, -0.2) is 19.7 Å². The molecule has 7 heteroatoms. The smallest absolute Gasteiger partial charge is 0.387 e. The fraction of sp³-hybridized carbons (Fsp3) is 0.200. The minimum absolute atomic E-state index is 0.311. The Hall–Kier alpha value is -2.23. The van der Waals surface area contributed by atoms with Gasteiger partial charge in [0.2, 0.25) is 0 Å². The normalized spacial score (nSPS) is 9.88. The topological polar surface area (TPSA) is 59.3 Å². The zero-order valence-electron chi connectivity index (χ0n) is 8.54. The molecule has 0 aliphatic carbocycles. The Morgan fingerprint density at radius 2 is 2.12 bits per heavy atom. The Bertz CT molecular complexity index is 482. The van der Waals surface area contributed by atoms with Crippen molar-refractivity contribution >= 4 is 5.97 Å². The number of nitrogens with zero attached hydrogens (tertiary/aromatic N) is 1. The number of nitriles is 1. The lowest BCUT2D eigenvalue weighted by Crippen LogP contribution is -2.08. The lowest BCUT2D eigenvalue weighted by Gasteiger charge is -2.08. The molecule has 0 fully saturated rings. The quantitative estimate of drug-likeness (QED) is 0.765. The van der Waals surface area contributed by atoms with Crippen molar-refractivity contribution in [3.05, 3.63) is 29.1 Å². The van der Waals surface area contributed by atoms with Gasteiger partial charge in [-0.1, -0.05) is 0 Å². The number of hydrogen-bond donors (Lipinski definition) is 0. The number of halogens is 3. The van der Waals surface area contributed by atoms with Crippen LogP contribution in [0.5, 0.6) is 5.75 Å². The van der Waals surface area contributed by atoms with Crippen LogP contribution in [0.2, 0.25) is 0 Å². The van der Waals surface area contributed by atoms with E-state index in [1.165, 1.54) is 0 Å². The number of esters is 1. The first-order valence-electron chi connectivity index (χ1n) is 4.26. The molecule has 17 heavy (non-hydrogen) atoms. The standard InChI is InChI=1S/C10H6F3NO3/c1-16-9(15)6-3-7(11)8(17-10(12)13)2-5(6)4-14/h2-3,10H,1H3. The van der Waals surface area contributed by atoms with Gasteiger partial charge in [0.25, 0.3) is 0 Å². The largest absolute Gasteiger partial charge is 0.465 e. The van der Waals surface area contributed by atoms with E-state index >= 15 is 0 Å². The average molecular weight is 245 g/mol. The summed E-state index contributed by atoms with van der Waals surface area (Å²) in [5.41, 5.74) is -0.664. The van der Waals surface area contributed by atoms with E-state index in [0.717, 1.165) is 7.11 Å². The van der Waals surface area contributed by atoms with Crippen LogP contribution in [-0.2, 0) is 4.74 Å². The summed E-state index contributed by atoms with van der Waals surface area (Å²) in [6.07, 6.45) is 0. The summed E-state index contributed by atoms with van der Waals surface area (Å²) in [6.45, 7) is -3.22. The molecule has 0 saturated heterocycles. The summed E-state index contributed by atoms with van der Waals surface area (Å²) in [5.74, 6) is -2.92. The van der Waals surface area contributed by atoms with Crippen LogP contribution < -0.4 is 4.74 Å². The van der Waals surface area contributed by atoms with Crippen LogP contribution in [0.1, 0.15) is 15.9 Å². The Balaban J connectivity index is 3.26. The number of methoxy groups -OCH3 is 1. The summed E-state index contributed by atoms with van der Waals surface area (Å²) < 4.78 is 45.2. The highest BCUT2D eigenvalue weighted by molar-refractivity contribution is 5.92. The zero-order chi connectivity index (χ0) is 13.0. The van der Waals surface area contributed by atoms with E-state index in [0.29, 0.717) is 12.1 Å². The van der Waals surface area contributed by atoms with Gasteiger partial charge in [0.1, 0.15) is 6.07 Å². The maximum Gasteiger partial charge on any atom is 0.387 e. The first-order chi connectivity index (χ1) is 7.99. The monoisotopic (exact) mass is 245 g/mol. The molecule has 0 aliphatic rings. The van der Waals surface area contributed by atoms with Crippen molar-refractivity contribution in [2.45, 2.75) is 6.61 Å². The molecule has 0 spiro atoms. The highest BCUT2D eigenvalue weighted by atomic mass is 19.3. The van der Waals surface area contributed by atoms with Crippen LogP contribution in [0.3, 0.4) is 0 Å². The molecule has 1 rings (SSSR count). The van der Waals surface area contributed by atoms with E-state index in [1.54, 1.807) is 6.07 Å². The van der Waals surface area contributed by atoms with Gasteiger partial charge in [0.05, 0.1) is 18.2 Å². The number of carbonyl (C=O) groups is 1. The van der Waals surface area contributed by atoms with Gasteiger partial charge in [-0.05, 0) is 6.07 Å². The molecule has 0 bridgehead atoms. The molecule has 0 atom stereocenters. The second-order valence-electron chi connectivity index (χ2n) is 2.81. The van der Waals surface area contributed by atoms with Crippen molar-refractivity contribution in [1.82, 2.24) is 0 Å². The summed E-state index contributed by atoms with van der Waals surface area (Å²) in [7, 11) is 1.05. The molecule has 0 unspecified atom stereocenters. The lowest BCUT2D eigenvalue weighted by atomic mass is 10.1. The number of benzene rings is 1. The number of carbonyl (C=O) groups excluding carboxylic acids is 1. The third-order valence-electron chi connectivity index (χ3n) is 1.81. The van der Waals surface area contributed by atoms with Crippen molar-refractivity contribution in [1.29, 1.82) is 5.26 Å². The number of alkyl halides is 2. The van der Waals surface area contributed by atoms with Crippen molar-refractivity contribution in [2.24, 2.45) is 0 Å². The second kappa shape index (κ2) is 5.21. The summed E-state index contributed by atoms with van der Waals surface area (Å²) in [4.78, 5) is 11.1. The van der Waals surface area contributed by atoms with E-state index in [-0.39, 0.29) is 11.1 Å². The van der Waals surface area contributed by atoms with Gasteiger partial charge in [-0.25, -0.2) is 9.18 Å². The highest BCUT2D eigenvalue weighted by Crippen LogP contribution is 2.24. The summed E-state index contributed by atoms with van der Waals surface area (Å²) in [6, 6.07) is 2.89. The molecule has 0 aliphatic heterocycles. The van der Waals surface area contributed by atoms with Crippen molar-refractivity contribution < 1.29 is 27.4 Å². The van der Waals surface area contributed by atoms with Gasteiger partial charge in [-0.3, -0.25) is 0 Å². The molecular formula is C10H6F3NO3. The van der Waals surface area contributed by atoms with E-state index in [1.807, 2.05) is 0 Å². The molecule has 0 N–H and O–H groups in total. The van der Waals surface area contributed by atoms with Crippen LogP contribution in [0.4, 0.5) is 13.2 Å². The van der Waals surface area contributed by atoms with Crippen LogP contribution >= 0.6 is 0 Å². The van der Waals surface area contributed by atoms with E-state index in [4.69, 9.17) is 5.26 Å². The van der Waals surface area contributed by atoms with E-state index < -0.39 is 24.1 Å². The molecule has 0 radical (unpaired) electrons. The summed E-state index contributed by atoms with van der Waals surface area (Å²) >= 11 is 0. The zero-order valence-corrected chi connectivity index (χ0v) is 8.54. The highest BCUT2D eigenvalue weighted by Gasteiger charge is 2.18. The Morgan fingerprint density at radius 1 is 1.47 bits per heavy atom. The number of hydrogen-bond acceptors (Lipinski definition) is 4. The van der Waals surface area contributed by atoms with Crippen molar-refractivity contribution in [3.63, 3.8) is 0 Å². The number of ether oxygens (including phenoxy) is 2. The van der Waals surface area contributed by atoms with Crippen LogP contribution in [0.15, 0.2) is 12.1 Å². The molecule has 4 nitrogen and oxygen atoms in total. The first-order valence-corrected chi connectivity index (χ1v) is 4.26. The Labute approximate surface area is 94.2 Å². The van der Waals surface area contributed by atoms with Gasteiger partial charge in [-0.2, -0.15) is 14.0 Å². The van der Waals surface area contributed by atoms with Crippen molar-refractivity contribution in [3.8, 4) is 11.8 Å². The first kappa shape index (κ1) is 12.8. The fourth-order valence-corrected chi connectivity index (χ4v) is 1.11. The minimum Gasteiger partial charge on any atom is -0.465 e. The molecular weight excluding hydrogens is 239 g/mol. The molecule has 0 heterocycles. The molecule has 0 amide bonds. The third-order valence-corrected chi connectivity index (χ3v) is 1.81. The lowest BCUT2D eigenvalue weighted by molar-refractivity contribution is -0.0522. The SMILES string of the molecule is COC(=O)c1cc(F)c(OC(F)F)cc1C#N. The minimum atomic E-state index is -3.22. The molecule has 1 aromatic rings. The average Bonchev–Trinajstić information content (AvgIpc) is 2.29. The van der Waals surface area contributed by atoms with Gasteiger partial charge in [0, 0.05) is 6.07 Å².